The molecule has 0 spiro atoms. The second-order valence-corrected chi connectivity index (χ2v) is 8.09. The third-order valence-corrected chi connectivity index (χ3v) is 6.20. The molecule has 1 amide bonds. The van der Waals surface area contributed by atoms with E-state index in [1.54, 1.807) is 6.92 Å². The minimum Gasteiger partial charge on any atom is -0.365 e. The summed E-state index contributed by atoms with van der Waals surface area (Å²) in [6, 6.07) is 4.18. The van der Waals surface area contributed by atoms with Crippen LogP contribution in [-0.2, 0) is 4.79 Å². The molecule has 0 atom stereocenters. The van der Waals surface area contributed by atoms with E-state index < -0.39 is 0 Å². The Bertz CT molecular complexity index is 922. The first-order valence-electron chi connectivity index (χ1n) is 9.40. The maximum Gasteiger partial charge on any atom is 0.219 e. The molecule has 1 aromatic heterocycles. The predicted octanol–water partition coefficient (Wildman–Crippen LogP) is 4.93. The number of benzene rings is 1. The monoisotopic (exact) mass is 404 g/mol. The molecular weight excluding hydrogens is 383 g/mol. The Morgan fingerprint density at radius 2 is 1.85 bits per heavy atom. The van der Waals surface area contributed by atoms with Crippen molar-refractivity contribution >= 4 is 51.3 Å². The number of anilines is 1. The number of hydrogen-bond acceptors (Lipinski definition) is 4. The highest BCUT2D eigenvalue weighted by Gasteiger charge is 2.21. The number of carbonyl (C=O) groups is 1. The van der Waals surface area contributed by atoms with Crippen molar-refractivity contribution in [2.45, 2.75) is 45.1 Å². The average Bonchev–Trinajstić information content (AvgIpc) is 3.16. The van der Waals surface area contributed by atoms with Crippen LogP contribution in [0.25, 0.3) is 16.3 Å². The van der Waals surface area contributed by atoms with Gasteiger partial charge in [-0.2, -0.15) is 0 Å². The number of amides is 1. The Morgan fingerprint density at radius 3 is 2.48 bits per heavy atom. The lowest BCUT2D eigenvalue weighted by Crippen LogP contribution is -2.32. The zero-order chi connectivity index (χ0) is 19.0. The van der Waals surface area contributed by atoms with E-state index in [-0.39, 0.29) is 5.91 Å². The fraction of sp³-hybridized carbons (Fsp3) is 0.450. The highest BCUT2D eigenvalue weighted by atomic mass is 35.5. The fourth-order valence-corrected chi connectivity index (χ4v) is 4.25. The van der Waals surface area contributed by atoms with Crippen LogP contribution in [0.1, 0.15) is 44.7 Å². The summed E-state index contributed by atoms with van der Waals surface area (Å²) in [5.74, 6) is 0.855. The largest absolute Gasteiger partial charge is 0.365 e. The van der Waals surface area contributed by atoms with Gasteiger partial charge in [0.05, 0.1) is 15.7 Å². The van der Waals surface area contributed by atoms with Gasteiger partial charge in [-0.1, -0.05) is 42.1 Å². The van der Waals surface area contributed by atoms with E-state index in [4.69, 9.17) is 23.2 Å². The lowest BCUT2D eigenvalue weighted by atomic mass is 9.99. The summed E-state index contributed by atoms with van der Waals surface area (Å²) in [7, 11) is 0. The molecule has 7 heteroatoms. The quantitative estimate of drug-likeness (QED) is 0.787. The molecule has 1 N–H and O–H groups in total. The number of nitrogens with zero attached hydrogens (tertiary/aromatic N) is 3. The summed E-state index contributed by atoms with van der Waals surface area (Å²) >= 11 is 12.6. The van der Waals surface area contributed by atoms with Crippen LogP contribution in [0.4, 0.5) is 5.82 Å². The number of halogens is 2. The summed E-state index contributed by atoms with van der Waals surface area (Å²) in [6.07, 6.45) is 7.59. The molecule has 5 nitrogen and oxygen atoms in total. The van der Waals surface area contributed by atoms with E-state index in [9.17, 15) is 4.79 Å². The van der Waals surface area contributed by atoms with Crippen LogP contribution in [0.3, 0.4) is 0 Å². The molecule has 1 fully saturated rings. The van der Waals surface area contributed by atoms with E-state index in [1.165, 1.54) is 12.8 Å². The van der Waals surface area contributed by atoms with Gasteiger partial charge in [-0.25, -0.2) is 0 Å². The van der Waals surface area contributed by atoms with E-state index >= 15 is 0 Å². The Morgan fingerprint density at radius 1 is 1.15 bits per heavy atom. The minimum atomic E-state index is 0.0900. The third kappa shape index (κ3) is 3.76. The van der Waals surface area contributed by atoms with E-state index in [2.05, 4.69) is 21.6 Å². The summed E-state index contributed by atoms with van der Waals surface area (Å²) < 4.78 is 0. The van der Waals surface area contributed by atoms with Crippen LogP contribution >= 0.6 is 23.2 Å². The van der Waals surface area contributed by atoms with Crippen molar-refractivity contribution in [3.05, 3.63) is 33.9 Å². The number of aromatic nitrogens is 2. The van der Waals surface area contributed by atoms with E-state index in [1.807, 2.05) is 17.0 Å². The van der Waals surface area contributed by atoms with Gasteiger partial charge in [-0.05, 0) is 37.0 Å². The molecule has 1 aliphatic carbocycles. The molecule has 0 unspecified atom stereocenters. The van der Waals surface area contributed by atoms with Crippen molar-refractivity contribution in [3.63, 3.8) is 0 Å². The summed E-state index contributed by atoms with van der Waals surface area (Å²) in [6.45, 7) is 2.88. The summed E-state index contributed by atoms with van der Waals surface area (Å²) in [5, 5.41) is 15.5. The molecule has 1 aliphatic heterocycles. The van der Waals surface area contributed by atoms with E-state index in [0.29, 0.717) is 29.2 Å². The highest BCUT2D eigenvalue weighted by Crippen LogP contribution is 2.36. The Labute approximate surface area is 168 Å². The van der Waals surface area contributed by atoms with Gasteiger partial charge in [0.2, 0.25) is 5.91 Å². The number of nitrogens with one attached hydrogen (secondary N) is 1. The molecule has 0 radical (unpaired) electrons. The normalized spacial score (nSPS) is 18.0. The second-order valence-electron chi connectivity index (χ2n) is 7.28. The number of carbonyl (C=O) groups excluding carboxylic acids is 1. The molecule has 0 saturated heterocycles. The molecule has 2 heterocycles. The van der Waals surface area contributed by atoms with Crippen molar-refractivity contribution in [1.29, 1.82) is 0 Å². The van der Waals surface area contributed by atoms with Crippen LogP contribution < -0.4 is 5.32 Å². The van der Waals surface area contributed by atoms with Gasteiger partial charge in [0.15, 0.2) is 5.82 Å². The molecule has 4 rings (SSSR count). The van der Waals surface area contributed by atoms with Crippen LogP contribution in [0.15, 0.2) is 18.2 Å². The van der Waals surface area contributed by atoms with Gasteiger partial charge in [0, 0.05) is 36.8 Å². The van der Waals surface area contributed by atoms with E-state index in [0.717, 1.165) is 47.1 Å². The second kappa shape index (κ2) is 7.64. The van der Waals surface area contributed by atoms with Crippen LogP contribution in [0.5, 0.6) is 0 Å². The zero-order valence-electron chi connectivity index (χ0n) is 15.3. The predicted molar refractivity (Wildman–Crippen MR) is 110 cm³/mol. The highest BCUT2D eigenvalue weighted by molar-refractivity contribution is 6.43. The van der Waals surface area contributed by atoms with Crippen molar-refractivity contribution < 1.29 is 4.79 Å². The van der Waals surface area contributed by atoms with Crippen LogP contribution in [-0.4, -0.2) is 40.1 Å². The molecule has 2 aromatic rings. The van der Waals surface area contributed by atoms with Crippen LogP contribution in [0, 0.1) is 0 Å². The Balaban J connectivity index is 1.75. The Hall–Kier alpha value is -1.85. The lowest BCUT2D eigenvalue weighted by Gasteiger charge is -2.25. The smallest absolute Gasteiger partial charge is 0.219 e. The first kappa shape index (κ1) is 18.5. The first-order chi connectivity index (χ1) is 13.0. The Kier molecular flexibility index (Phi) is 5.24. The standard InChI is InChI=1S/C20H22Cl2N4O/c1-12(27)26-8-6-13(7-9-26)19-15-10-17(21)18(22)11-16(15)20(25-24-19)23-14-4-2-3-5-14/h6,10-11,14H,2-5,7-9H2,1H3,(H,23,25). The SMILES string of the molecule is CC(=O)N1CC=C(c2nnc(NC3CCCC3)c3cc(Cl)c(Cl)cc23)CC1. The first-order valence-corrected chi connectivity index (χ1v) is 10.2. The fourth-order valence-electron chi connectivity index (χ4n) is 3.92. The molecule has 1 aromatic carbocycles. The topological polar surface area (TPSA) is 58.1 Å². The molecular formula is C20H22Cl2N4O. The van der Waals surface area contributed by atoms with Crippen molar-refractivity contribution in [2.24, 2.45) is 0 Å². The van der Waals surface area contributed by atoms with Crippen LogP contribution in [0.2, 0.25) is 10.0 Å². The molecule has 2 aliphatic rings. The molecule has 0 bridgehead atoms. The van der Waals surface area contributed by atoms with Crippen molar-refractivity contribution in [3.8, 4) is 0 Å². The minimum absolute atomic E-state index is 0.0900. The lowest BCUT2D eigenvalue weighted by molar-refractivity contribution is -0.128. The van der Waals surface area contributed by atoms with Gasteiger partial charge in [-0.15, -0.1) is 10.2 Å². The van der Waals surface area contributed by atoms with Crippen molar-refractivity contribution in [1.82, 2.24) is 15.1 Å². The third-order valence-electron chi connectivity index (χ3n) is 5.48. The number of rotatable bonds is 3. The maximum absolute atomic E-state index is 11.6. The van der Waals surface area contributed by atoms with Gasteiger partial charge in [0.1, 0.15) is 0 Å². The average molecular weight is 405 g/mol. The number of hydrogen-bond donors (Lipinski definition) is 1. The van der Waals surface area contributed by atoms with Gasteiger partial charge in [-0.3, -0.25) is 4.79 Å². The van der Waals surface area contributed by atoms with Gasteiger partial charge < -0.3 is 10.2 Å². The maximum atomic E-state index is 11.6. The molecule has 27 heavy (non-hydrogen) atoms. The number of fused-ring (bicyclic) bond motifs is 1. The van der Waals surface area contributed by atoms with Gasteiger partial charge >= 0.3 is 0 Å². The zero-order valence-corrected chi connectivity index (χ0v) is 16.8. The van der Waals surface area contributed by atoms with Crippen molar-refractivity contribution in [2.75, 3.05) is 18.4 Å². The summed E-state index contributed by atoms with van der Waals surface area (Å²) in [5.41, 5.74) is 1.92. The molecule has 1 saturated carbocycles. The van der Waals surface area contributed by atoms with Gasteiger partial charge in [0.25, 0.3) is 0 Å². The summed E-state index contributed by atoms with van der Waals surface area (Å²) in [4.78, 5) is 13.4. The molecule has 142 valence electrons.